The number of nitrogens with zero attached hydrogens (tertiary/aromatic N) is 1. The smallest absolute Gasteiger partial charge is 0.410 e. The van der Waals surface area contributed by atoms with E-state index in [0.717, 1.165) is 10.9 Å². The van der Waals surface area contributed by atoms with Crippen molar-refractivity contribution in [2.75, 3.05) is 13.1 Å². The Bertz CT molecular complexity index is 565. The summed E-state index contributed by atoms with van der Waals surface area (Å²) in [4.78, 5) is 26.0. The summed E-state index contributed by atoms with van der Waals surface area (Å²) < 4.78 is 6.27. The van der Waals surface area contributed by atoms with Crippen LogP contribution in [0, 0.1) is 5.92 Å². The fourth-order valence-corrected chi connectivity index (χ4v) is 2.93. The average molecular weight is 368 g/mol. The van der Waals surface area contributed by atoms with Crippen LogP contribution < -0.4 is 0 Å². The van der Waals surface area contributed by atoms with Gasteiger partial charge >= 0.3 is 6.09 Å². The molecule has 0 bridgehead atoms. The molecule has 0 N–H and O–H groups in total. The van der Waals surface area contributed by atoms with Gasteiger partial charge in [-0.15, -0.1) is 0 Å². The fraction of sp³-hybridized carbons (Fsp3) is 0.529. The van der Waals surface area contributed by atoms with Crippen molar-refractivity contribution < 1.29 is 14.3 Å². The zero-order valence-electron chi connectivity index (χ0n) is 13.3. The van der Waals surface area contributed by atoms with Crippen LogP contribution >= 0.6 is 15.9 Å². The van der Waals surface area contributed by atoms with Crippen LogP contribution in [0.5, 0.6) is 0 Å². The third-order valence-corrected chi connectivity index (χ3v) is 4.05. The van der Waals surface area contributed by atoms with Crippen molar-refractivity contribution in [1.82, 2.24) is 4.90 Å². The van der Waals surface area contributed by atoms with Gasteiger partial charge in [0.15, 0.2) is 5.78 Å². The van der Waals surface area contributed by atoms with E-state index in [9.17, 15) is 9.59 Å². The van der Waals surface area contributed by atoms with Gasteiger partial charge in [-0.05, 0) is 45.2 Å². The highest BCUT2D eigenvalue weighted by Gasteiger charge is 2.30. The van der Waals surface area contributed by atoms with Gasteiger partial charge in [-0.2, -0.15) is 0 Å². The quantitative estimate of drug-likeness (QED) is 0.749. The molecule has 2 rings (SSSR count). The zero-order valence-corrected chi connectivity index (χ0v) is 14.9. The van der Waals surface area contributed by atoms with Gasteiger partial charge in [0.1, 0.15) is 5.60 Å². The molecule has 1 aliphatic rings. The Hall–Kier alpha value is -1.36. The molecule has 5 heteroatoms. The minimum Gasteiger partial charge on any atom is -0.444 e. The molecule has 1 aromatic carbocycles. The lowest BCUT2D eigenvalue weighted by Crippen LogP contribution is -2.35. The van der Waals surface area contributed by atoms with Crippen LogP contribution in [0.4, 0.5) is 4.79 Å². The lowest BCUT2D eigenvalue weighted by molar-refractivity contribution is 0.0286. The maximum atomic E-state index is 12.3. The van der Waals surface area contributed by atoms with Crippen LogP contribution in [-0.4, -0.2) is 35.5 Å². The van der Waals surface area contributed by atoms with E-state index < -0.39 is 5.60 Å². The number of benzene rings is 1. The van der Waals surface area contributed by atoms with Gasteiger partial charge in [0, 0.05) is 29.5 Å². The largest absolute Gasteiger partial charge is 0.444 e. The Morgan fingerprint density at radius 3 is 2.73 bits per heavy atom. The molecule has 1 heterocycles. The highest BCUT2D eigenvalue weighted by atomic mass is 79.9. The Kier molecular flexibility index (Phi) is 5.27. The van der Waals surface area contributed by atoms with Gasteiger partial charge in [-0.25, -0.2) is 4.79 Å². The molecule has 1 aromatic rings. The number of amides is 1. The molecule has 4 nitrogen and oxygen atoms in total. The van der Waals surface area contributed by atoms with Crippen molar-refractivity contribution >= 4 is 27.8 Å². The van der Waals surface area contributed by atoms with Crippen LogP contribution in [0.15, 0.2) is 28.7 Å². The molecule has 120 valence electrons. The number of halogens is 1. The molecule has 0 aliphatic carbocycles. The Labute approximate surface area is 140 Å². The molecule has 1 atom stereocenters. The van der Waals surface area contributed by atoms with E-state index >= 15 is 0 Å². The molecule has 0 radical (unpaired) electrons. The summed E-state index contributed by atoms with van der Waals surface area (Å²) in [7, 11) is 0. The molecule has 0 aromatic heterocycles. The number of Topliss-reactive ketones (excluding diaryl/α,β-unsaturated/α-hetero) is 1. The third kappa shape index (κ3) is 4.83. The lowest BCUT2D eigenvalue weighted by atomic mass is 9.98. The van der Waals surface area contributed by atoms with Crippen molar-refractivity contribution in [1.29, 1.82) is 0 Å². The Morgan fingerprint density at radius 1 is 1.36 bits per heavy atom. The van der Waals surface area contributed by atoms with E-state index in [4.69, 9.17) is 4.74 Å². The Morgan fingerprint density at radius 2 is 2.09 bits per heavy atom. The van der Waals surface area contributed by atoms with Crippen molar-refractivity contribution in [3.05, 3.63) is 34.3 Å². The van der Waals surface area contributed by atoms with E-state index in [-0.39, 0.29) is 17.8 Å². The first kappa shape index (κ1) is 17.0. The Balaban J connectivity index is 1.88. The average Bonchev–Trinajstić information content (AvgIpc) is 2.85. The van der Waals surface area contributed by atoms with Gasteiger partial charge in [0.25, 0.3) is 0 Å². The first-order valence-electron chi connectivity index (χ1n) is 7.51. The number of carbonyl (C=O) groups is 2. The van der Waals surface area contributed by atoms with Crippen molar-refractivity contribution in [3.8, 4) is 0 Å². The summed E-state index contributed by atoms with van der Waals surface area (Å²) in [5, 5.41) is 0. The van der Waals surface area contributed by atoms with E-state index in [1.165, 1.54) is 0 Å². The highest BCUT2D eigenvalue weighted by molar-refractivity contribution is 9.10. The van der Waals surface area contributed by atoms with Gasteiger partial charge in [0.2, 0.25) is 0 Å². The monoisotopic (exact) mass is 367 g/mol. The molecule has 0 saturated carbocycles. The van der Waals surface area contributed by atoms with Crippen LogP contribution in [0.1, 0.15) is 44.0 Å². The molecule has 22 heavy (non-hydrogen) atoms. The summed E-state index contributed by atoms with van der Waals surface area (Å²) in [6, 6.07) is 7.42. The SMILES string of the molecule is CC(C)(C)OC(=O)N1CC[C@@H](CC(=O)c2cccc(Br)c2)C1. The maximum absolute atomic E-state index is 12.3. The normalized spacial score (nSPS) is 18.4. The van der Waals surface area contributed by atoms with E-state index in [1.807, 2.05) is 45.0 Å². The number of ether oxygens (including phenoxy) is 1. The molecule has 0 unspecified atom stereocenters. The summed E-state index contributed by atoms with van der Waals surface area (Å²) in [6.45, 7) is 6.82. The summed E-state index contributed by atoms with van der Waals surface area (Å²) >= 11 is 3.38. The van der Waals surface area contributed by atoms with Crippen LogP contribution in [0.3, 0.4) is 0 Å². The van der Waals surface area contributed by atoms with Gasteiger partial charge in [-0.1, -0.05) is 28.1 Å². The van der Waals surface area contributed by atoms with Crippen LogP contribution in [-0.2, 0) is 4.74 Å². The first-order valence-corrected chi connectivity index (χ1v) is 8.30. The number of hydrogen-bond acceptors (Lipinski definition) is 3. The second kappa shape index (κ2) is 6.82. The van der Waals surface area contributed by atoms with Crippen LogP contribution in [0.25, 0.3) is 0 Å². The molecule has 1 fully saturated rings. The standard InChI is InChI=1S/C17H22BrNO3/c1-17(2,3)22-16(21)19-8-7-12(11-19)9-15(20)13-5-4-6-14(18)10-13/h4-6,10,12H,7-9,11H2,1-3H3/t12-/m0/s1. The third-order valence-electron chi connectivity index (χ3n) is 3.56. The highest BCUT2D eigenvalue weighted by Crippen LogP contribution is 2.24. The number of ketones is 1. The number of likely N-dealkylation sites (tertiary alicyclic amines) is 1. The summed E-state index contributed by atoms with van der Waals surface area (Å²) in [5.41, 5.74) is 0.228. The molecule has 1 amide bonds. The predicted molar refractivity (Wildman–Crippen MR) is 89.0 cm³/mol. The fourth-order valence-electron chi connectivity index (χ4n) is 2.53. The predicted octanol–water partition coefficient (Wildman–Crippen LogP) is 4.28. The first-order chi connectivity index (χ1) is 10.2. The van der Waals surface area contributed by atoms with E-state index in [1.54, 1.807) is 4.90 Å². The topological polar surface area (TPSA) is 46.6 Å². The van der Waals surface area contributed by atoms with Gasteiger partial charge < -0.3 is 9.64 Å². The van der Waals surface area contributed by atoms with E-state index in [0.29, 0.717) is 25.1 Å². The number of hydrogen-bond donors (Lipinski definition) is 0. The molecular formula is C17H22BrNO3. The molecule has 1 aliphatic heterocycles. The second-order valence-electron chi connectivity index (χ2n) is 6.72. The van der Waals surface area contributed by atoms with Gasteiger partial charge in [0.05, 0.1) is 0 Å². The molecule has 1 saturated heterocycles. The molecular weight excluding hydrogens is 346 g/mol. The minimum atomic E-state index is -0.485. The summed E-state index contributed by atoms with van der Waals surface area (Å²) in [6.07, 6.45) is 1.03. The second-order valence-corrected chi connectivity index (χ2v) is 7.63. The zero-order chi connectivity index (χ0) is 16.3. The summed E-state index contributed by atoms with van der Waals surface area (Å²) in [5.74, 6) is 0.330. The minimum absolute atomic E-state index is 0.123. The van der Waals surface area contributed by atoms with Crippen molar-refractivity contribution in [2.24, 2.45) is 5.92 Å². The number of rotatable bonds is 3. The van der Waals surface area contributed by atoms with E-state index in [2.05, 4.69) is 15.9 Å². The number of carbonyl (C=O) groups excluding carboxylic acids is 2. The van der Waals surface area contributed by atoms with Crippen molar-refractivity contribution in [2.45, 2.75) is 39.2 Å². The molecule has 0 spiro atoms. The van der Waals surface area contributed by atoms with Gasteiger partial charge in [-0.3, -0.25) is 4.79 Å². The lowest BCUT2D eigenvalue weighted by Gasteiger charge is -2.24. The van der Waals surface area contributed by atoms with Crippen LogP contribution in [0.2, 0.25) is 0 Å². The maximum Gasteiger partial charge on any atom is 0.410 e. The van der Waals surface area contributed by atoms with Crippen molar-refractivity contribution in [3.63, 3.8) is 0 Å².